The number of aromatic nitrogens is 6. The first kappa shape index (κ1) is 19.7. The van der Waals surface area contributed by atoms with Crippen LogP contribution in [0, 0.1) is 19.7 Å². The van der Waals surface area contributed by atoms with Crippen molar-refractivity contribution in [1.29, 1.82) is 0 Å². The Labute approximate surface area is 174 Å². The quantitative estimate of drug-likeness (QED) is 0.505. The van der Waals surface area contributed by atoms with E-state index in [0.29, 0.717) is 22.1 Å². The Kier molecular flexibility index (Phi) is 5.24. The number of pyridine rings is 1. The molecule has 0 bridgehead atoms. The molecule has 4 aromatic rings. The second-order valence-corrected chi connectivity index (χ2v) is 8.83. The summed E-state index contributed by atoms with van der Waals surface area (Å²) < 4.78 is 15.6. The van der Waals surface area contributed by atoms with E-state index in [1.807, 2.05) is 25.3 Å². The number of nitrogens with zero attached hydrogens (tertiary/aromatic N) is 6. The normalized spacial score (nSPS) is 13.6. The first-order chi connectivity index (χ1) is 13.8. The van der Waals surface area contributed by atoms with E-state index in [0.717, 1.165) is 22.1 Å². The van der Waals surface area contributed by atoms with Crippen molar-refractivity contribution in [2.45, 2.75) is 39.3 Å². The number of halogens is 1. The Morgan fingerprint density at radius 2 is 2.07 bits per heavy atom. The number of rotatable bonds is 6. The summed E-state index contributed by atoms with van der Waals surface area (Å²) in [5.74, 6) is -0.350. The van der Waals surface area contributed by atoms with Crippen molar-refractivity contribution in [2.75, 3.05) is 0 Å². The summed E-state index contributed by atoms with van der Waals surface area (Å²) in [6, 6.07) is 4.89. The monoisotopic (exact) mass is 430 g/mol. The molecule has 29 heavy (non-hydrogen) atoms. The van der Waals surface area contributed by atoms with Crippen molar-refractivity contribution >= 4 is 22.7 Å². The highest BCUT2D eigenvalue weighted by Gasteiger charge is 2.33. The molecule has 150 valence electrons. The summed E-state index contributed by atoms with van der Waals surface area (Å²) in [5, 5.41) is 27.5. The molecule has 10 heteroatoms. The summed E-state index contributed by atoms with van der Waals surface area (Å²) in [4.78, 5) is 8.45. The van der Waals surface area contributed by atoms with Crippen LogP contribution < -0.4 is 0 Å². The van der Waals surface area contributed by atoms with Gasteiger partial charge in [0.05, 0.1) is 17.9 Å². The van der Waals surface area contributed by atoms with Gasteiger partial charge in [0, 0.05) is 29.4 Å². The fourth-order valence-corrected chi connectivity index (χ4v) is 4.67. The molecule has 0 amide bonds. The van der Waals surface area contributed by atoms with Crippen molar-refractivity contribution in [2.24, 2.45) is 0 Å². The van der Waals surface area contributed by atoms with Crippen molar-refractivity contribution in [3.8, 4) is 0 Å². The van der Waals surface area contributed by atoms with Gasteiger partial charge in [-0.05, 0) is 39.0 Å². The van der Waals surface area contributed by atoms with Crippen LogP contribution in [0.2, 0.25) is 0 Å². The average Bonchev–Trinajstić information content (AvgIpc) is 3.39. The standard InChI is InChI=1S/C19H19FN6OS2/c1-11-10-28-17(22-11)19(3,27)18-24-23-16(29-18)8-13-7-12(2)26(25-13)9-15-14(20)5-4-6-21-15/h4-7,10,27H,8-9H2,1-3H3. The first-order valence-corrected chi connectivity index (χ1v) is 10.6. The molecule has 4 heterocycles. The van der Waals surface area contributed by atoms with Gasteiger partial charge in [0.25, 0.3) is 0 Å². The molecule has 0 fully saturated rings. The Morgan fingerprint density at radius 1 is 1.24 bits per heavy atom. The van der Waals surface area contributed by atoms with Crippen LogP contribution in [-0.2, 0) is 18.6 Å². The van der Waals surface area contributed by atoms with Gasteiger partial charge in [-0.1, -0.05) is 11.3 Å². The molecule has 0 spiro atoms. The van der Waals surface area contributed by atoms with E-state index in [-0.39, 0.29) is 12.4 Å². The maximum Gasteiger partial charge on any atom is 0.166 e. The maximum absolute atomic E-state index is 13.9. The molecule has 0 aromatic carbocycles. The molecule has 4 rings (SSSR count). The summed E-state index contributed by atoms with van der Waals surface area (Å²) >= 11 is 2.73. The zero-order valence-electron chi connectivity index (χ0n) is 16.1. The minimum atomic E-state index is -1.28. The van der Waals surface area contributed by atoms with E-state index in [9.17, 15) is 9.50 Å². The summed E-state index contributed by atoms with van der Waals surface area (Å²) in [6.07, 6.45) is 2.04. The third-order valence-corrected chi connectivity index (χ3v) is 6.72. The van der Waals surface area contributed by atoms with Crippen molar-refractivity contribution in [3.05, 3.63) is 73.4 Å². The topological polar surface area (TPSA) is 89.6 Å². The van der Waals surface area contributed by atoms with Crippen LogP contribution in [-0.4, -0.2) is 35.1 Å². The lowest BCUT2D eigenvalue weighted by Crippen LogP contribution is -2.22. The van der Waals surface area contributed by atoms with E-state index in [1.54, 1.807) is 23.9 Å². The van der Waals surface area contributed by atoms with Gasteiger partial charge in [-0.2, -0.15) is 5.10 Å². The van der Waals surface area contributed by atoms with Crippen LogP contribution in [0.1, 0.15) is 44.7 Å². The van der Waals surface area contributed by atoms with Crippen LogP contribution in [0.4, 0.5) is 4.39 Å². The average molecular weight is 431 g/mol. The largest absolute Gasteiger partial charge is 0.376 e. The van der Waals surface area contributed by atoms with E-state index >= 15 is 0 Å². The molecule has 0 aliphatic rings. The zero-order valence-corrected chi connectivity index (χ0v) is 17.8. The SMILES string of the molecule is Cc1csc(C(C)(O)c2nnc(Cc3cc(C)n(Cc4ncccc4F)n3)s2)n1. The Balaban J connectivity index is 1.51. The van der Waals surface area contributed by atoms with Gasteiger partial charge in [-0.25, -0.2) is 9.37 Å². The lowest BCUT2D eigenvalue weighted by molar-refractivity contribution is 0.101. The van der Waals surface area contributed by atoms with Gasteiger partial charge >= 0.3 is 0 Å². The Morgan fingerprint density at radius 3 is 2.79 bits per heavy atom. The highest BCUT2D eigenvalue weighted by atomic mass is 32.1. The van der Waals surface area contributed by atoms with Crippen molar-refractivity contribution in [3.63, 3.8) is 0 Å². The van der Waals surface area contributed by atoms with Crippen LogP contribution in [0.3, 0.4) is 0 Å². The molecule has 7 nitrogen and oxygen atoms in total. The minimum absolute atomic E-state index is 0.262. The van der Waals surface area contributed by atoms with Crippen molar-refractivity contribution < 1.29 is 9.50 Å². The van der Waals surface area contributed by atoms with Gasteiger partial charge in [0.1, 0.15) is 15.8 Å². The Bertz CT molecular complexity index is 1150. The molecule has 1 unspecified atom stereocenters. The van der Waals surface area contributed by atoms with Gasteiger partial charge in [-0.3, -0.25) is 9.67 Å². The highest BCUT2D eigenvalue weighted by molar-refractivity contribution is 7.12. The number of aliphatic hydroxyl groups is 1. The molecular formula is C19H19FN6OS2. The van der Waals surface area contributed by atoms with Gasteiger partial charge < -0.3 is 5.11 Å². The highest BCUT2D eigenvalue weighted by Crippen LogP contribution is 2.33. The van der Waals surface area contributed by atoms with E-state index in [4.69, 9.17) is 0 Å². The van der Waals surface area contributed by atoms with Crippen LogP contribution >= 0.6 is 22.7 Å². The zero-order chi connectivity index (χ0) is 20.6. The smallest absolute Gasteiger partial charge is 0.166 e. The molecule has 1 N–H and O–H groups in total. The van der Waals surface area contributed by atoms with Crippen LogP contribution in [0.5, 0.6) is 0 Å². The summed E-state index contributed by atoms with van der Waals surface area (Å²) in [6.45, 7) is 5.74. The van der Waals surface area contributed by atoms with Gasteiger partial charge in [0.2, 0.25) is 0 Å². The van der Waals surface area contributed by atoms with Crippen LogP contribution in [0.15, 0.2) is 29.8 Å². The predicted molar refractivity (Wildman–Crippen MR) is 108 cm³/mol. The second kappa shape index (κ2) is 7.69. The molecule has 4 aromatic heterocycles. The molecule has 0 saturated carbocycles. The molecule has 1 atom stereocenters. The Hall–Kier alpha value is -2.56. The fourth-order valence-electron chi connectivity index (χ4n) is 2.85. The molecule has 0 aliphatic heterocycles. The summed E-state index contributed by atoms with van der Waals surface area (Å²) in [7, 11) is 0. The second-order valence-electron chi connectivity index (χ2n) is 6.91. The fraction of sp³-hybridized carbons (Fsp3) is 0.316. The van der Waals surface area contributed by atoms with Gasteiger partial charge in [0.15, 0.2) is 10.6 Å². The molecule has 0 saturated heterocycles. The maximum atomic E-state index is 13.9. The summed E-state index contributed by atoms with van der Waals surface area (Å²) in [5.41, 5.74) is 1.63. The predicted octanol–water partition coefficient (Wildman–Crippen LogP) is 3.24. The van der Waals surface area contributed by atoms with Gasteiger partial charge in [-0.15, -0.1) is 21.5 Å². The molecule has 0 radical (unpaired) electrons. The molecule has 0 aliphatic carbocycles. The van der Waals surface area contributed by atoms with E-state index < -0.39 is 5.60 Å². The minimum Gasteiger partial charge on any atom is -0.376 e. The van der Waals surface area contributed by atoms with E-state index in [1.165, 1.54) is 28.7 Å². The van der Waals surface area contributed by atoms with Crippen molar-refractivity contribution in [1.82, 2.24) is 29.9 Å². The van der Waals surface area contributed by atoms with E-state index in [2.05, 4.69) is 25.3 Å². The van der Waals surface area contributed by atoms with Crippen LogP contribution in [0.25, 0.3) is 0 Å². The first-order valence-electron chi connectivity index (χ1n) is 8.93. The third-order valence-electron chi connectivity index (χ3n) is 4.42. The molecular weight excluding hydrogens is 411 g/mol. The lowest BCUT2D eigenvalue weighted by Gasteiger charge is -2.16. The lowest BCUT2D eigenvalue weighted by atomic mass is 10.1. The number of hydrogen-bond acceptors (Lipinski definition) is 8. The number of thiazole rings is 1. The third kappa shape index (κ3) is 4.09. The number of hydrogen-bond donors (Lipinski definition) is 1. The number of aryl methyl sites for hydroxylation is 2.